The summed E-state index contributed by atoms with van der Waals surface area (Å²) in [6, 6.07) is 4.81. The van der Waals surface area contributed by atoms with E-state index in [1.807, 2.05) is 0 Å². The minimum Gasteiger partial charge on any atom is -0.508 e. The average Bonchev–Trinajstić information content (AvgIpc) is 2.40. The van der Waals surface area contributed by atoms with E-state index >= 15 is 0 Å². The highest BCUT2D eigenvalue weighted by Crippen LogP contribution is 2.26. The first-order valence-electron chi connectivity index (χ1n) is 5.75. The molecule has 0 aliphatic carbocycles. The molecule has 0 spiro atoms. The van der Waals surface area contributed by atoms with Crippen LogP contribution in [0.25, 0.3) is 0 Å². The normalized spacial score (nSPS) is 10.7. The molecule has 6 heteroatoms. The molecule has 0 heterocycles. The van der Waals surface area contributed by atoms with Crippen molar-refractivity contribution in [1.82, 2.24) is 0 Å². The van der Waals surface area contributed by atoms with E-state index in [0.717, 1.165) is 5.56 Å². The molecule has 0 radical (unpaired) electrons. The molecule has 0 unspecified atom stereocenters. The van der Waals surface area contributed by atoms with E-state index in [1.165, 1.54) is 6.07 Å². The minimum absolute atomic E-state index is 0.0826. The van der Waals surface area contributed by atoms with Crippen molar-refractivity contribution in [2.45, 2.75) is 13.5 Å². The number of hydrogen-bond acceptors (Lipinski definition) is 2. The molecular weight excluding hydrogens is 274 g/mol. The Morgan fingerprint density at radius 1 is 1.00 bits per heavy atom. The van der Waals surface area contributed by atoms with Crippen molar-refractivity contribution >= 4 is 5.69 Å². The molecule has 0 bridgehead atoms. The first kappa shape index (κ1) is 14.2. The van der Waals surface area contributed by atoms with Crippen molar-refractivity contribution in [2.75, 3.05) is 5.32 Å². The van der Waals surface area contributed by atoms with Crippen LogP contribution >= 0.6 is 0 Å². The van der Waals surface area contributed by atoms with Crippen LogP contribution in [0.5, 0.6) is 5.75 Å². The summed E-state index contributed by atoms with van der Waals surface area (Å²) < 4.78 is 52.9. The van der Waals surface area contributed by atoms with Crippen molar-refractivity contribution in [3.8, 4) is 5.75 Å². The number of phenols is 1. The van der Waals surface area contributed by atoms with E-state index in [0.29, 0.717) is 5.56 Å². The monoisotopic (exact) mass is 285 g/mol. The van der Waals surface area contributed by atoms with Gasteiger partial charge in [-0.2, -0.15) is 0 Å². The first-order valence-corrected chi connectivity index (χ1v) is 5.75. The van der Waals surface area contributed by atoms with Crippen molar-refractivity contribution in [3.63, 3.8) is 0 Å². The molecule has 0 aliphatic rings. The lowest BCUT2D eigenvalue weighted by Gasteiger charge is -2.11. The maximum Gasteiger partial charge on any atom is 0.185 e. The lowest BCUT2D eigenvalue weighted by molar-refractivity contribution is 0.457. The molecule has 20 heavy (non-hydrogen) atoms. The molecule has 0 atom stereocenters. The predicted molar refractivity (Wildman–Crippen MR) is 66.4 cm³/mol. The Hall–Kier alpha value is -2.24. The van der Waals surface area contributed by atoms with E-state index in [4.69, 9.17) is 0 Å². The van der Waals surface area contributed by atoms with E-state index in [1.54, 1.807) is 19.1 Å². The highest BCUT2D eigenvalue weighted by Gasteiger charge is 2.19. The van der Waals surface area contributed by atoms with Crippen molar-refractivity contribution in [3.05, 3.63) is 58.7 Å². The largest absolute Gasteiger partial charge is 0.508 e. The van der Waals surface area contributed by atoms with E-state index < -0.39 is 29.0 Å². The third-order valence-corrected chi connectivity index (χ3v) is 2.80. The Balaban J connectivity index is 2.30. The Labute approximate surface area is 112 Å². The van der Waals surface area contributed by atoms with Gasteiger partial charge in [0.05, 0.1) is 0 Å². The summed E-state index contributed by atoms with van der Waals surface area (Å²) in [5.74, 6) is -6.06. The zero-order valence-electron chi connectivity index (χ0n) is 10.5. The molecule has 2 N–H and O–H groups in total. The number of hydrogen-bond donors (Lipinski definition) is 2. The van der Waals surface area contributed by atoms with Gasteiger partial charge in [0.2, 0.25) is 0 Å². The molecule has 0 saturated heterocycles. The third-order valence-electron chi connectivity index (χ3n) is 2.80. The second-order valence-corrected chi connectivity index (χ2v) is 4.33. The van der Waals surface area contributed by atoms with Gasteiger partial charge in [-0.25, -0.2) is 17.6 Å². The van der Waals surface area contributed by atoms with Gasteiger partial charge in [-0.15, -0.1) is 0 Å². The van der Waals surface area contributed by atoms with Crippen molar-refractivity contribution < 1.29 is 22.7 Å². The Kier molecular flexibility index (Phi) is 3.83. The number of phenolic OH excluding ortho intramolecular Hbond substituents is 1. The van der Waals surface area contributed by atoms with E-state index in [9.17, 15) is 22.7 Å². The Morgan fingerprint density at radius 3 is 2.20 bits per heavy atom. The molecule has 2 nitrogen and oxygen atoms in total. The molecule has 2 aromatic rings. The van der Waals surface area contributed by atoms with Crippen LogP contribution in [0.1, 0.15) is 11.1 Å². The topological polar surface area (TPSA) is 32.3 Å². The van der Waals surface area contributed by atoms with Crippen LogP contribution in [0.2, 0.25) is 0 Å². The van der Waals surface area contributed by atoms with Gasteiger partial charge in [-0.1, -0.05) is 17.7 Å². The molecule has 0 saturated carbocycles. The summed E-state index contributed by atoms with van der Waals surface area (Å²) in [6.07, 6.45) is 0. The van der Waals surface area contributed by atoms with Crippen LogP contribution in [-0.4, -0.2) is 5.11 Å². The van der Waals surface area contributed by atoms with Gasteiger partial charge in [-0.3, -0.25) is 0 Å². The van der Waals surface area contributed by atoms with Crippen LogP contribution in [-0.2, 0) is 6.54 Å². The maximum atomic E-state index is 13.4. The Bertz CT molecular complexity index is 632. The second kappa shape index (κ2) is 5.40. The average molecular weight is 285 g/mol. The first-order chi connectivity index (χ1) is 9.40. The SMILES string of the molecule is Cc1ccc(O)c(CNc2c(F)c(F)cc(F)c2F)c1. The van der Waals surface area contributed by atoms with Crippen LogP contribution in [0.4, 0.5) is 23.2 Å². The lowest BCUT2D eigenvalue weighted by Crippen LogP contribution is -2.07. The predicted octanol–water partition coefficient (Wildman–Crippen LogP) is 3.87. The summed E-state index contributed by atoms with van der Waals surface area (Å²) in [5.41, 5.74) is 0.280. The molecule has 0 aliphatic heterocycles. The van der Waals surface area contributed by atoms with Gasteiger partial charge in [0.25, 0.3) is 0 Å². The Morgan fingerprint density at radius 2 is 1.60 bits per heavy atom. The van der Waals surface area contributed by atoms with Gasteiger partial charge in [-0.05, 0) is 13.0 Å². The standard InChI is InChI=1S/C14H11F4NO/c1-7-2-3-11(20)8(4-7)6-19-14-12(17)9(15)5-10(16)13(14)18/h2-5,19-20H,6H2,1H3. The fraction of sp³-hybridized carbons (Fsp3) is 0.143. The zero-order chi connectivity index (χ0) is 14.9. The molecule has 2 aromatic carbocycles. The fourth-order valence-corrected chi connectivity index (χ4v) is 1.77. The van der Waals surface area contributed by atoms with Crippen LogP contribution < -0.4 is 5.32 Å². The van der Waals surface area contributed by atoms with Crippen molar-refractivity contribution in [1.29, 1.82) is 0 Å². The number of benzene rings is 2. The van der Waals surface area contributed by atoms with Gasteiger partial charge < -0.3 is 10.4 Å². The number of anilines is 1. The summed E-state index contributed by atoms with van der Waals surface area (Å²) in [7, 11) is 0. The molecule has 0 amide bonds. The summed E-state index contributed by atoms with van der Waals surface area (Å²) in [4.78, 5) is 0. The highest BCUT2D eigenvalue weighted by atomic mass is 19.2. The summed E-state index contributed by atoms with van der Waals surface area (Å²) in [6.45, 7) is 1.59. The molecule has 2 rings (SSSR count). The number of halogens is 4. The highest BCUT2D eigenvalue weighted by molar-refractivity contribution is 5.49. The maximum absolute atomic E-state index is 13.4. The van der Waals surface area contributed by atoms with E-state index in [-0.39, 0.29) is 18.4 Å². The zero-order valence-corrected chi connectivity index (χ0v) is 10.5. The number of rotatable bonds is 3. The number of nitrogens with one attached hydrogen (secondary N) is 1. The van der Waals surface area contributed by atoms with Gasteiger partial charge in [0, 0.05) is 18.2 Å². The summed E-state index contributed by atoms with van der Waals surface area (Å²) in [5, 5.41) is 11.8. The quantitative estimate of drug-likeness (QED) is 0.663. The fourth-order valence-electron chi connectivity index (χ4n) is 1.77. The molecular formula is C14H11F4NO. The van der Waals surface area contributed by atoms with Crippen molar-refractivity contribution in [2.24, 2.45) is 0 Å². The van der Waals surface area contributed by atoms with Gasteiger partial charge in [0.1, 0.15) is 11.4 Å². The summed E-state index contributed by atoms with van der Waals surface area (Å²) >= 11 is 0. The van der Waals surface area contributed by atoms with Crippen LogP contribution in [0, 0.1) is 30.2 Å². The molecule has 106 valence electrons. The van der Waals surface area contributed by atoms with Crippen LogP contribution in [0.3, 0.4) is 0 Å². The molecule has 0 fully saturated rings. The number of aryl methyl sites for hydroxylation is 1. The van der Waals surface area contributed by atoms with Crippen LogP contribution in [0.15, 0.2) is 24.3 Å². The van der Waals surface area contributed by atoms with E-state index in [2.05, 4.69) is 5.32 Å². The second-order valence-electron chi connectivity index (χ2n) is 4.33. The minimum atomic E-state index is -1.50. The van der Waals surface area contributed by atoms with Gasteiger partial charge in [0.15, 0.2) is 23.3 Å². The van der Waals surface area contributed by atoms with Gasteiger partial charge >= 0.3 is 0 Å². The smallest absolute Gasteiger partial charge is 0.185 e. The third kappa shape index (κ3) is 2.68. The number of aromatic hydroxyl groups is 1. The lowest BCUT2D eigenvalue weighted by atomic mass is 10.1. The molecule has 0 aromatic heterocycles.